The van der Waals surface area contributed by atoms with E-state index < -0.39 is 5.97 Å². The number of hydrogen-bond acceptors (Lipinski definition) is 3. The second-order valence-corrected chi connectivity index (χ2v) is 5.59. The van der Waals surface area contributed by atoms with E-state index in [0.717, 1.165) is 25.9 Å². The third kappa shape index (κ3) is 3.81. The number of carboxylic acids is 1. The molecule has 4 nitrogen and oxygen atoms in total. The summed E-state index contributed by atoms with van der Waals surface area (Å²) in [4.78, 5) is 12.8. The van der Waals surface area contributed by atoms with Gasteiger partial charge in [-0.05, 0) is 37.4 Å². The van der Waals surface area contributed by atoms with Crippen LogP contribution < -0.4 is 5.32 Å². The highest BCUT2D eigenvalue weighted by molar-refractivity contribution is 5.69. The molecule has 0 heterocycles. The number of nitrogens with one attached hydrogen (secondary N) is 1. The highest BCUT2D eigenvalue weighted by atomic mass is 16.4. The van der Waals surface area contributed by atoms with Gasteiger partial charge in [0.1, 0.15) is 0 Å². The van der Waals surface area contributed by atoms with Crippen LogP contribution in [0.4, 0.5) is 0 Å². The zero-order chi connectivity index (χ0) is 14.5. The highest BCUT2D eigenvalue weighted by Gasteiger charge is 2.33. The number of aryl methyl sites for hydroxylation is 1. The van der Waals surface area contributed by atoms with Crippen LogP contribution in [-0.2, 0) is 11.3 Å². The van der Waals surface area contributed by atoms with Gasteiger partial charge < -0.3 is 10.4 Å². The molecule has 0 saturated heterocycles. The van der Waals surface area contributed by atoms with E-state index in [1.807, 2.05) is 11.8 Å². The van der Waals surface area contributed by atoms with Crippen molar-refractivity contribution in [2.24, 2.45) is 0 Å². The molecule has 110 valence electrons. The molecule has 1 aliphatic rings. The number of rotatable bonds is 7. The second-order valence-electron chi connectivity index (χ2n) is 5.59. The maximum Gasteiger partial charge on any atom is 0.317 e. The minimum atomic E-state index is -0.733. The van der Waals surface area contributed by atoms with Gasteiger partial charge >= 0.3 is 5.97 Å². The Kier molecular flexibility index (Phi) is 5.15. The van der Waals surface area contributed by atoms with Crippen molar-refractivity contribution < 1.29 is 9.90 Å². The van der Waals surface area contributed by atoms with E-state index in [0.29, 0.717) is 12.1 Å². The average Bonchev–Trinajstić information content (AvgIpc) is 2.37. The van der Waals surface area contributed by atoms with Crippen LogP contribution >= 0.6 is 0 Å². The summed E-state index contributed by atoms with van der Waals surface area (Å²) in [5.74, 6) is -0.733. The van der Waals surface area contributed by atoms with Crippen molar-refractivity contribution in [3.05, 3.63) is 35.4 Å². The predicted molar refractivity (Wildman–Crippen MR) is 79.7 cm³/mol. The second kappa shape index (κ2) is 6.86. The van der Waals surface area contributed by atoms with E-state index in [1.54, 1.807) is 0 Å². The van der Waals surface area contributed by atoms with Crippen LogP contribution in [0.5, 0.6) is 0 Å². The van der Waals surface area contributed by atoms with Crippen molar-refractivity contribution in [1.29, 1.82) is 0 Å². The SMILES string of the molecule is CCN(CC(=O)O)C1CC(NCc2ccccc2C)C1. The molecule has 2 rings (SSSR count). The summed E-state index contributed by atoms with van der Waals surface area (Å²) >= 11 is 0. The van der Waals surface area contributed by atoms with E-state index in [-0.39, 0.29) is 6.54 Å². The minimum Gasteiger partial charge on any atom is -0.480 e. The zero-order valence-electron chi connectivity index (χ0n) is 12.3. The Balaban J connectivity index is 1.74. The molecule has 0 spiro atoms. The maximum atomic E-state index is 10.8. The Bertz CT molecular complexity index is 456. The summed E-state index contributed by atoms with van der Waals surface area (Å²) in [5.41, 5.74) is 2.66. The molecule has 1 aromatic carbocycles. The number of carbonyl (C=O) groups is 1. The lowest BCUT2D eigenvalue weighted by molar-refractivity contribution is -0.139. The van der Waals surface area contributed by atoms with Gasteiger partial charge in [0.05, 0.1) is 6.54 Å². The normalized spacial score (nSPS) is 21.8. The number of aliphatic carboxylic acids is 1. The van der Waals surface area contributed by atoms with Gasteiger partial charge in [0.15, 0.2) is 0 Å². The van der Waals surface area contributed by atoms with E-state index in [2.05, 4.69) is 36.5 Å². The van der Waals surface area contributed by atoms with Gasteiger partial charge in [0.2, 0.25) is 0 Å². The van der Waals surface area contributed by atoms with Crippen molar-refractivity contribution in [2.75, 3.05) is 13.1 Å². The molecule has 0 aliphatic heterocycles. The lowest BCUT2D eigenvalue weighted by Crippen LogP contribution is -2.53. The Morgan fingerprint density at radius 2 is 2.10 bits per heavy atom. The number of carboxylic acid groups (broad SMARTS) is 1. The molecule has 1 fully saturated rings. The first-order valence-corrected chi connectivity index (χ1v) is 7.34. The molecule has 1 aliphatic carbocycles. The third-order valence-electron chi connectivity index (χ3n) is 4.22. The average molecular weight is 276 g/mol. The molecule has 2 N–H and O–H groups in total. The van der Waals surface area contributed by atoms with Crippen LogP contribution in [0.2, 0.25) is 0 Å². The largest absolute Gasteiger partial charge is 0.480 e. The highest BCUT2D eigenvalue weighted by Crippen LogP contribution is 2.26. The van der Waals surface area contributed by atoms with Gasteiger partial charge in [-0.15, -0.1) is 0 Å². The van der Waals surface area contributed by atoms with Crippen LogP contribution in [0.15, 0.2) is 24.3 Å². The van der Waals surface area contributed by atoms with Gasteiger partial charge in [-0.1, -0.05) is 31.2 Å². The Morgan fingerprint density at radius 1 is 1.40 bits per heavy atom. The first-order valence-electron chi connectivity index (χ1n) is 7.34. The number of likely N-dealkylation sites (N-methyl/N-ethyl adjacent to an activating group) is 1. The Morgan fingerprint density at radius 3 is 2.70 bits per heavy atom. The van der Waals surface area contributed by atoms with Gasteiger partial charge in [-0.3, -0.25) is 9.69 Å². The maximum absolute atomic E-state index is 10.8. The standard InChI is InChI=1S/C16H24N2O2/c1-3-18(11-16(19)20)15-8-14(9-15)17-10-13-7-5-4-6-12(13)2/h4-7,14-15,17H,3,8-11H2,1-2H3,(H,19,20). The third-order valence-corrected chi connectivity index (χ3v) is 4.22. The van der Waals surface area contributed by atoms with Crippen molar-refractivity contribution in [1.82, 2.24) is 10.2 Å². The van der Waals surface area contributed by atoms with Gasteiger partial charge in [-0.2, -0.15) is 0 Å². The van der Waals surface area contributed by atoms with Gasteiger partial charge in [-0.25, -0.2) is 0 Å². The van der Waals surface area contributed by atoms with Crippen molar-refractivity contribution in [2.45, 2.75) is 45.3 Å². The minimum absolute atomic E-state index is 0.158. The molecule has 0 aromatic heterocycles. The molecular formula is C16H24N2O2. The smallest absolute Gasteiger partial charge is 0.317 e. The molecule has 0 unspecified atom stereocenters. The van der Waals surface area contributed by atoms with Crippen LogP contribution in [0.3, 0.4) is 0 Å². The van der Waals surface area contributed by atoms with E-state index in [1.165, 1.54) is 11.1 Å². The molecule has 1 aromatic rings. The molecule has 20 heavy (non-hydrogen) atoms. The fraction of sp³-hybridized carbons (Fsp3) is 0.562. The first kappa shape index (κ1) is 15.0. The molecule has 0 amide bonds. The molecule has 4 heteroatoms. The summed E-state index contributed by atoms with van der Waals surface area (Å²) in [6.45, 7) is 6.02. The van der Waals surface area contributed by atoms with Crippen LogP contribution in [0, 0.1) is 6.92 Å². The van der Waals surface area contributed by atoms with E-state index in [9.17, 15) is 4.79 Å². The van der Waals surface area contributed by atoms with Gasteiger partial charge in [0.25, 0.3) is 0 Å². The van der Waals surface area contributed by atoms with E-state index >= 15 is 0 Å². The molecular weight excluding hydrogens is 252 g/mol. The lowest BCUT2D eigenvalue weighted by Gasteiger charge is -2.42. The quantitative estimate of drug-likeness (QED) is 0.800. The summed E-state index contributed by atoms with van der Waals surface area (Å²) in [6.07, 6.45) is 2.10. The Hall–Kier alpha value is -1.39. The lowest BCUT2D eigenvalue weighted by atomic mass is 9.85. The molecule has 0 atom stereocenters. The summed E-state index contributed by atoms with van der Waals surface area (Å²) in [7, 11) is 0. The molecule has 0 bridgehead atoms. The van der Waals surface area contributed by atoms with Crippen molar-refractivity contribution in [3.63, 3.8) is 0 Å². The predicted octanol–water partition coefficient (Wildman–Crippen LogP) is 2.02. The Labute approximate surface area is 120 Å². The van der Waals surface area contributed by atoms with Crippen molar-refractivity contribution >= 4 is 5.97 Å². The van der Waals surface area contributed by atoms with Crippen LogP contribution in [-0.4, -0.2) is 41.1 Å². The van der Waals surface area contributed by atoms with Crippen LogP contribution in [0.25, 0.3) is 0 Å². The zero-order valence-corrected chi connectivity index (χ0v) is 12.3. The number of benzene rings is 1. The topological polar surface area (TPSA) is 52.6 Å². The number of hydrogen-bond donors (Lipinski definition) is 2. The molecule has 0 radical (unpaired) electrons. The first-order chi connectivity index (χ1) is 9.60. The fourth-order valence-electron chi connectivity index (χ4n) is 2.79. The van der Waals surface area contributed by atoms with Gasteiger partial charge in [0, 0.05) is 18.6 Å². The van der Waals surface area contributed by atoms with Crippen LogP contribution in [0.1, 0.15) is 30.9 Å². The van der Waals surface area contributed by atoms with Crippen molar-refractivity contribution in [3.8, 4) is 0 Å². The monoisotopic (exact) mass is 276 g/mol. The van der Waals surface area contributed by atoms with E-state index in [4.69, 9.17) is 5.11 Å². The number of nitrogens with zero attached hydrogens (tertiary/aromatic N) is 1. The molecule has 1 saturated carbocycles. The summed E-state index contributed by atoms with van der Waals surface area (Å²) in [6, 6.07) is 9.35. The summed E-state index contributed by atoms with van der Waals surface area (Å²) < 4.78 is 0. The summed E-state index contributed by atoms with van der Waals surface area (Å²) in [5, 5.41) is 12.4. The fourth-order valence-corrected chi connectivity index (χ4v) is 2.79.